The lowest BCUT2D eigenvalue weighted by molar-refractivity contribution is -0.138. The average molecular weight is 243 g/mol. The third-order valence-corrected chi connectivity index (χ3v) is 2.40. The van der Waals surface area contributed by atoms with Gasteiger partial charge in [-0.2, -0.15) is 5.26 Å². The van der Waals surface area contributed by atoms with Crippen molar-refractivity contribution in [3.8, 4) is 6.07 Å². The Kier molecular flexibility index (Phi) is 3.11. The summed E-state index contributed by atoms with van der Waals surface area (Å²) in [6.45, 7) is 1.78. The molecule has 0 aromatic heterocycles. The van der Waals surface area contributed by atoms with Crippen LogP contribution in [0.5, 0.6) is 0 Å². The van der Waals surface area contributed by atoms with Crippen molar-refractivity contribution in [2.75, 3.05) is 6.61 Å². The molecule has 90 valence electrons. The summed E-state index contributed by atoms with van der Waals surface area (Å²) in [5, 5.41) is 9.00. The zero-order chi connectivity index (χ0) is 13.1. The van der Waals surface area contributed by atoms with Crippen molar-refractivity contribution in [2.24, 2.45) is 0 Å². The lowest BCUT2D eigenvalue weighted by Gasteiger charge is -2.03. The van der Waals surface area contributed by atoms with Crippen LogP contribution in [0.1, 0.15) is 22.8 Å². The number of fused-ring (bicyclic) bond motifs is 1. The standard InChI is InChI=1S/C13H9NO4/c1-2-17-12(15)10(7-14)11-8-5-3-4-6-9(8)13(16)18-11/h3-6H,2H2,1H3/b11-10+. The Hall–Kier alpha value is -2.61. The molecule has 2 rings (SSSR count). The van der Waals surface area contributed by atoms with Crippen molar-refractivity contribution >= 4 is 17.7 Å². The highest BCUT2D eigenvalue weighted by Gasteiger charge is 2.31. The van der Waals surface area contributed by atoms with Gasteiger partial charge in [-0.1, -0.05) is 18.2 Å². The van der Waals surface area contributed by atoms with Crippen molar-refractivity contribution in [1.29, 1.82) is 5.26 Å². The molecule has 1 aliphatic heterocycles. The number of nitriles is 1. The van der Waals surface area contributed by atoms with E-state index in [1.807, 2.05) is 0 Å². The summed E-state index contributed by atoms with van der Waals surface area (Å²) in [4.78, 5) is 23.1. The molecule has 0 radical (unpaired) electrons. The average Bonchev–Trinajstić information content (AvgIpc) is 2.69. The van der Waals surface area contributed by atoms with E-state index < -0.39 is 11.9 Å². The summed E-state index contributed by atoms with van der Waals surface area (Å²) in [5.74, 6) is -1.39. The Morgan fingerprint density at radius 2 is 2.06 bits per heavy atom. The maximum atomic E-state index is 11.6. The highest BCUT2D eigenvalue weighted by molar-refractivity contribution is 6.09. The van der Waals surface area contributed by atoms with Crippen molar-refractivity contribution in [1.82, 2.24) is 0 Å². The number of ether oxygens (including phenoxy) is 2. The van der Waals surface area contributed by atoms with Gasteiger partial charge in [0.2, 0.25) is 0 Å². The van der Waals surface area contributed by atoms with E-state index in [0.717, 1.165) is 0 Å². The van der Waals surface area contributed by atoms with Gasteiger partial charge >= 0.3 is 11.9 Å². The fraction of sp³-hybridized carbons (Fsp3) is 0.154. The molecule has 0 bridgehead atoms. The summed E-state index contributed by atoms with van der Waals surface area (Å²) in [5.41, 5.74) is 0.479. The molecule has 0 fully saturated rings. The van der Waals surface area contributed by atoms with Crippen LogP contribution in [0.2, 0.25) is 0 Å². The Bertz CT molecular complexity index is 595. The smallest absolute Gasteiger partial charge is 0.352 e. The minimum Gasteiger partial charge on any atom is -0.462 e. The van der Waals surface area contributed by atoms with Crippen LogP contribution in [-0.4, -0.2) is 18.5 Å². The maximum Gasteiger partial charge on any atom is 0.352 e. The molecule has 5 nitrogen and oxygen atoms in total. The lowest BCUT2D eigenvalue weighted by Crippen LogP contribution is -2.08. The van der Waals surface area contributed by atoms with Gasteiger partial charge in [0.25, 0.3) is 0 Å². The number of carbonyl (C=O) groups excluding carboxylic acids is 2. The lowest BCUT2D eigenvalue weighted by atomic mass is 10.1. The zero-order valence-corrected chi connectivity index (χ0v) is 9.60. The first-order valence-electron chi connectivity index (χ1n) is 5.32. The molecule has 0 atom stereocenters. The van der Waals surface area contributed by atoms with Crippen molar-refractivity contribution in [3.05, 3.63) is 41.0 Å². The predicted molar refractivity (Wildman–Crippen MR) is 61.0 cm³/mol. The fourth-order valence-corrected chi connectivity index (χ4v) is 1.64. The molecule has 0 saturated carbocycles. The van der Waals surface area contributed by atoms with Gasteiger partial charge in [0.05, 0.1) is 12.2 Å². The molecule has 0 spiro atoms. The molecule has 0 aliphatic carbocycles. The van der Waals surface area contributed by atoms with Crippen molar-refractivity contribution in [2.45, 2.75) is 6.92 Å². The Labute approximate surface area is 103 Å². The first-order chi connectivity index (χ1) is 8.69. The van der Waals surface area contributed by atoms with Gasteiger partial charge in [-0.15, -0.1) is 0 Å². The summed E-state index contributed by atoms with van der Waals surface area (Å²) < 4.78 is 9.72. The van der Waals surface area contributed by atoms with Gasteiger partial charge in [-0.25, -0.2) is 9.59 Å². The monoisotopic (exact) mass is 243 g/mol. The Balaban J connectivity index is 2.55. The quantitative estimate of drug-likeness (QED) is 0.448. The van der Waals surface area contributed by atoms with E-state index >= 15 is 0 Å². The summed E-state index contributed by atoms with van der Waals surface area (Å²) in [7, 11) is 0. The second-order valence-electron chi connectivity index (χ2n) is 3.47. The Morgan fingerprint density at radius 3 is 2.67 bits per heavy atom. The third-order valence-electron chi connectivity index (χ3n) is 2.40. The molecule has 0 unspecified atom stereocenters. The number of nitrogens with zero attached hydrogens (tertiary/aromatic N) is 1. The molecular formula is C13H9NO4. The highest BCUT2D eigenvalue weighted by atomic mass is 16.6. The van der Waals surface area contributed by atoms with Crippen LogP contribution in [0.25, 0.3) is 5.76 Å². The zero-order valence-electron chi connectivity index (χ0n) is 9.60. The minimum atomic E-state index is -0.792. The SMILES string of the molecule is CCOC(=O)/C(C#N)=C1/OC(=O)c2ccccc21. The molecule has 5 heteroatoms. The van der Waals surface area contributed by atoms with Gasteiger partial charge in [0.1, 0.15) is 6.07 Å². The van der Waals surface area contributed by atoms with E-state index in [1.54, 1.807) is 37.3 Å². The largest absolute Gasteiger partial charge is 0.462 e. The topological polar surface area (TPSA) is 76.4 Å². The van der Waals surface area contributed by atoms with Crippen LogP contribution >= 0.6 is 0 Å². The summed E-state index contributed by atoms with van der Waals surface area (Å²) >= 11 is 0. The van der Waals surface area contributed by atoms with E-state index in [0.29, 0.717) is 11.1 Å². The van der Waals surface area contributed by atoms with E-state index in [-0.39, 0.29) is 17.9 Å². The van der Waals surface area contributed by atoms with Crippen LogP contribution in [0, 0.1) is 11.3 Å². The first-order valence-corrected chi connectivity index (χ1v) is 5.32. The second kappa shape index (κ2) is 4.72. The Morgan fingerprint density at radius 1 is 1.39 bits per heavy atom. The number of esters is 2. The first kappa shape index (κ1) is 11.9. The number of cyclic esters (lactones) is 1. The molecule has 0 saturated heterocycles. The van der Waals surface area contributed by atoms with E-state index in [1.165, 1.54) is 0 Å². The van der Waals surface area contributed by atoms with Crippen LogP contribution in [0.4, 0.5) is 0 Å². The van der Waals surface area contributed by atoms with Crippen LogP contribution in [0.3, 0.4) is 0 Å². The molecule has 1 aromatic rings. The number of carbonyl (C=O) groups is 2. The highest BCUT2D eigenvalue weighted by Crippen LogP contribution is 2.32. The molecule has 0 amide bonds. The molecule has 1 aromatic carbocycles. The van der Waals surface area contributed by atoms with Gasteiger partial charge < -0.3 is 9.47 Å². The number of hydrogen-bond donors (Lipinski definition) is 0. The molecular weight excluding hydrogens is 234 g/mol. The van der Waals surface area contributed by atoms with Crippen LogP contribution in [-0.2, 0) is 14.3 Å². The maximum absolute atomic E-state index is 11.6. The second-order valence-corrected chi connectivity index (χ2v) is 3.47. The summed E-state index contributed by atoms with van der Waals surface area (Å²) in [6.07, 6.45) is 0. The predicted octanol–water partition coefficient (Wildman–Crippen LogP) is 1.65. The van der Waals surface area contributed by atoms with Crippen molar-refractivity contribution < 1.29 is 19.1 Å². The molecule has 18 heavy (non-hydrogen) atoms. The normalized spacial score (nSPS) is 15.4. The minimum absolute atomic E-state index is 0.0310. The van der Waals surface area contributed by atoms with Crippen LogP contribution < -0.4 is 0 Å². The molecule has 0 N–H and O–H groups in total. The molecule has 1 aliphatic rings. The number of benzene rings is 1. The van der Waals surface area contributed by atoms with Gasteiger partial charge in [0.15, 0.2) is 11.3 Å². The fourth-order valence-electron chi connectivity index (χ4n) is 1.64. The van der Waals surface area contributed by atoms with Gasteiger partial charge in [0, 0.05) is 5.56 Å². The number of rotatable bonds is 2. The van der Waals surface area contributed by atoms with Gasteiger partial charge in [-0.3, -0.25) is 0 Å². The van der Waals surface area contributed by atoms with E-state index in [2.05, 4.69) is 0 Å². The molecule has 1 heterocycles. The van der Waals surface area contributed by atoms with E-state index in [9.17, 15) is 9.59 Å². The van der Waals surface area contributed by atoms with E-state index in [4.69, 9.17) is 14.7 Å². The van der Waals surface area contributed by atoms with Crippen molar-refractivity contribution in [3.63, 3.8) is 0 Å². The number of hydrogen-bond acceptors (Lipinski definition) is 5. The third kappa shape index (κ3) is 1.84. The summed E-state index contributed by atoms with van der Waals surface area (Å²) in [6, 6.07) is 8.28. The van der Waals surface area contributed by atoms with Crippen LogP contribution in [0.15, 0.2) is 29.8 Å². The van der Waals surface area contributed by atoms with Gasteiger partial charge in [-0.05, 0) is 13.0 Å².